The molecule has 0 N–H and O–H groups in total. The van der Waals surface area contributed by atoms with Crippen molar-refractivity contribution in [3.05, 3.63) is 41.5 Å². The van der Waals surface area contributed by atoms with Crippen LogP contribution in [0.5, 0.6) is 0 Å². The lowest BCUT2D eigenvalue weighted by Crippen LogP contribution is -1.95. The van der Waals surface area contributed by atoms with Crippen molar-refractivity contribution in [2.45, 2.75) is 58.8 Å². The van der Waals surface area contributed by atoms with Gasteiger partial charge in [0.1, 0.15) is 0 Å². The number of hydrogen-bond acceptors (Lipinski definition) is 0. The molecule has 0 nitrogen and oxygen atoms in total. The molecule has 0 saturated heterocycles. The third-order valence-electron chi connectivity index (χ3n) is 3.75. The van der Waals surface area contributed by atoms with Gasteiger partial charge >= 0.3 is 0 Å². The van der Waals surface area contributed by atoms with Gasteiger partial charge in [0.05, 0.1) is 0 Å². The molecule has 0 aromatic heterocycles. The molecule has 0 heterocycles. The molecule has 0 atom stereocenters. The van der Waals surface area contributed by atoms with E-state index >= 15 is 0 Å². The molecule has 0 amide bonds. The molecule has 0 spiro atoms. The third kappa shape index (κ3) is 6.61. The Labute approximate surface area is 130 Å². The number of hydrogen-bond donors (Lipinski definition) is 0. The summed E-state index contributed by atoms with van der Waals surface area (Å²) in [7, 11) is 0. The Bertz CT molecular complexity index is 393. The molecule has 1 rings (SSSR count). The van der Waals surface area contributed by atoms with Crippen molar-refractivity contribution in [1.29, 1.82) is 0 Å². The second-order valence-electron chi connectivity index (χ2n) is 6.02. The van der Waals surface area contributed by atoms with E-state index in [1.165, 1.54) is 48.8 Å². The van der Waals surface area contributed by atoms with E-state index in [4.69, 9.17) is 11.6 Å². The summed E-state index contributed by atoms with van der Waals surface area (Å²) in [5.74, 6) is 1.57. The average molecular weight is 293 g/mol. The fourth-order valence-electron chi connectivity index (χ4n) is 2.55. The maximum Gasteiger partial charge on any atom is 0.0226 e. The van der Waals surface area contributed by atoms with Crippen LogP contribution in [0.15, 0.2) is 24.8 Å². The van der Waals surface area contributed by atoms with Gasteiger partial charge in [-0.1, -0.05) is 64.0 Å². The molecule has 20 heavy (non-hydrogen) atoms. The van der Waals surface area contributed by atoms with Gasteiger partial charge in [0.15, 0.2) is 0 Å². The summed E-state index contributed by atoms with van der Waals surface area (Å²) in [5.41, 5.74) is 4.16. The highest BCUT2D eigenvalue weighted by Crippen LogP contribution is 2.18. The standard InChI is InChI=1S/C19H29Cl/c1-4-18-13-12-17(10-8-14-20)15-19(18)11-7-5-6-9-16(2)3/h4,12-13,15-16H,1,5-11,14H2,2-3H3. The predicted octanol–water partition coefficient (Wildman–Crippen LogP) is 6.26. The highest BCUT2D eigenvalue weighted by molar-refractivity contribution is 6.17. The van der Waals surface area contributed by atoms with Gasteiger partial charge in [-0.25, -0.2) is 0 Å². The molecule has 0 radical (unpaired) electrons. The number of unbranched alkanes of at least 4 members (excludes halogenated alkanes) is 2. The Morgan fingerprint density at radius 2 is 1.90 bits per heavy atom. The summed E-state index contributed by atoms with van der Waals surface area (Å²) < 4.78 is 0. The Kier molecular flexibility index (Phi) is 8.69. The molecule has 0 unspecified atom stereocenters. The van der Waals surface area contributed by atoms with Crippen LogP contribution in [-0.4, -0.2) is 5.88 Å². The second kappa shape index (κ2) is 10.0. The number of aryl methyl sites for hydroxylation is 2. The molecule has 0 aliphatic carbocycles. The molecule has 0 saturated carbocycles. The van der Waals surface area contributed by atoms with E-state index in [0.29, 0.717) is 0 Å². The fraction of sp³-hybridized carbons (Fsp3) is 0.579. The normalized spacial score (nSPS) is 11.0. The summed E-state index contributed by atoms with van der Waals surface area (Å²) in [4.78, 5) is 0. The molecule has 0 aliphatic heterocycles. The van der Waals surface area contributed by atoms with Gasteiger partial charge < -0.3 is 0 Å². The summed E-state index contributed by atoms with van der Waals surface area (Å²) in [6, 6.07) is 6.78. The van der Waals surface area contributed by atoms with Gasteiger partial charge in [-0.2, -0.15) is 0 Å². The molecule has 0 aliphatic rings. The highest BCUT2D eigenvalue weighted by atomic mass is 35.5. The van der Waals surface area contributed by atoms with E-state index < -0.39 is 0 Å². The first-order valence-corrected chi connectivity index (χ1v) is 8.51. The van der Waals surface area contributed by atoms with E-state index in [-0.39, 0.29) is 0 Å². The minimum absolute atomic E-state index is 0.744. The smallest absolute Gasteiger partial charge is 0.0226 e. The molecule has 1 aromatic rings. The van der Waals surface area contributed by atoms with Crippen LogP contribution in [0.3, 0.4) is 0 Å². The molecule has 112 valence electrons. The van der Waals surface area contributed by atoms with Crippen molar-refractivity contribution in [1.82, 2.24) is 0 Å². The summed E-state index contributed by atoms with van der Waals surface area (Å²) in [5, 5.41) is 0. The van der Waals surface area contributed by atoms with Crippen LogP contribution in [0.4, 0.5) is 0 Å². The number of alkyl halides is 1. The van der Waals surface area contributed by atoms with E-state index in [0.717, 1.165) is 24.6 Å². The number of rotatable bonds is 10. The first-order valence-electron chi connectivity index (χ1n) is 7.97. The van der Waals surface area contributed by atoms with Crippen molar-refractivity contribution in [3.63, 3.8) is 0 Å². The van der Waals surface area contributed by atoms with E-state index in [1.807, 2.05) is 6.08 Å². The fourth-order valence-corrected chi connectivity index (χ4v) is 2.68. The lowest BCUT2D eigenvalue weighted by Gasteiger charge is -2.10. The van der Waals surface area contributed by atoms with Gasteiger partial charge in [0.25, 0.3) is 0 Å². The summed E-state index contributed by atoms with van der Waals surface area (Å²) in [6.07, 6.45) is 10.6. The lowest BCUT2D eigenvalue weighted by atomic mass is 9.96. The summed E-state index contributed by atoms with van der Waals surface area (Å²) >= 11 is 5.78. The van der Waals surface area contributed by atoms with Gasteiger partial charge in [-0.3, -0.25) is 0 Å². The molecular formula is C19H29Cl. The van der Waals surface area contributed by atoms with Gasteiger partial charge in [0.2, 0.25) is 0 Å². The SMILES string of the molecule is C=Cc1ccc(CCCCl)cc1CCCCCC(C)C. The Morgan fingerprint density at radius 3 is 2.55 bits per heavy atom. The Balaban J connectivity index is 2.50. The van der Waals surface area contributed by atoms with Crippen molar-refractivity contribution in [3.8, 4) is 0 Å². The van der Waals surface area contributed by atoms with Gasteiger partial charge in [-0.15, -0.1) is 11.6 Å². The zero-order valence-corrected chi connectivity index (χ0v) is 13.9. The first-order chi connectivity index (χ1) is 9.67. The van der Waals surface area contributed by atoms with Gasteiger partial charge in [-0.05, 0) is 48.3 Å². The predicted molar refractivity (Wildman–Crippen MR) is 92.6 cm³/mol. The molecule has 1 heteroatoms. The average Bonchev–Trinajstić information content (AvgIpc) is 2.44. The van der Waals surface area contributed by atoms with E-state index in [1.54, 1.807) is 0 Å². The summed E-state index contributed by atoms with van der Waals surface area (Å²) in [6.45, 7) is 8.53. The van der Waals surface area contributed by atoms with Crippen LogP contribution in [-0.2, 0) is 12.8 Å². The van der Waals surface area contributed by atoms with E-state index in [9.17, 15) is 0 Å². The van der Waals surface area contributed by atoms with Crippen molar-refractivity contribution in [2.24, 2.45) is 5.92 Å². The minimum Gasteiger partial charge on any atom is -0.127 e. The lowest BCUT2D eigenvalue weighted by molar-refractivity contribution is 0.527. The van der Waals surface area contributed by atoms with E-state index in [2.05, 4.69) is 38.6 Å². The van der Waals surface area contributed by atoms with Crippen LogP contribution in [0.25, 0.3) is 6.08 Å². The zero-order chi connectivity index (χ0) is 14.8. The molecule has 1 aromatic carbocycles. The number of benzene rings is 1. The highest BCUT2D eigenvalue weighted by Gasteiger charge is 2.03. The topological polar surface area (TPSA) is 0 Å². The monoisotopic (exact) mass is 292 g/mol. The largest absolute Gasteiger partial charge is 0.127 e. The van der Waals surface area contributed by atoms with Crippen LogP contribution in [0, 0.1) is 5.92 Å². The zero-order valence-electron chi connectivity index (χ0n) is 13.1. The maximum atomic E-state index is 5.78. The quantitative estimate of drug-likeness (QED) is 0.353. The minimum atomic E-state index is 0.744. The van der Waals surface area contributed by atoms with Crippen LogP contribution >= 0.6 is 11.6 Å². The van der Waals surface area contributed by atoms with Gasteiger partial charge in [0, 0.05) is 5.88 Å². The first kappa shape index (κ1) is 17.3. The van der Waals surface area contributed by atoms with Crippen molar-refractivity contribution < 1.29 is 0 Å². The molecule has 0 bridgehead atoms. The van der Waals surface area contributed by atoms with Crippen molar-refractivity contribution in [2.75, 3.05) is 5.88 Å². The van der Waals surface area contributed by atoms with Crippen molar-refractivity contribution >= 4 is 17.7 Å². The van der Waals surface area contributed by atoms with Crippen LogP contribution in [0.2, 0.25) is 0 Å². The maximum absolute atomic E-state index is 5.78. The second-order valence-corrected chi connectivity index (χ2v) is 6.40. The Morgan fingerprint density at radius 1 is 1.10 bits per heavy atom. The Hall–Kier alpha value is -0.750. The van der Waals surface area contributed by atoms with Crippen LogP contribution in [0.1, 0.15) is 62.6 Å². The molecule has 0 fully saturated rings. The third-order valence-corrected chi connectivity index (χ3v) is 4.02. The van der Waals surface area contributed by atoms with Crippen LogP contribution < -0.4 is 0 Å². The number of halogens is 1. The molecular weight excluding hydrogens is 264 g/mol.